The first-order valence-corrected chi connectivity index (χ1v) is 13.6. The fourth-order valence-corrected chi connectivity index (χ4v) is 6.38. The number of carbonyl (C=O) groups excluding carboxylic acids is 3. The summed E-state index contributed by atoms with van der Waals surface area (Å²) in [5, 5.41) is 3.14. The third-order valence-electron chi connectivity index (χ3n) is 8.45. The van der Waals surface area contributed by atoms with Gasteiger partial charge in [0.2, 0.25) is 5.91 Å². The van der Waals surface area contributed by atoms with E-state index in [1.165, 1.54) is 16.9 Å². The van der Waals surface area contributed by atoms with E-state index in [0.29, 0.717) is 38.5 Å². The van der Waals surface area contributed by atoms with Gasteiger partial charge in [0.15, 0.2) is 0 Å². The number of nitrogens with one attached hydrogen (secondary N) is 1. The van der Waals surface area contributed by atoms with Crippen LogP contribution < -0.4 is 5.32 Å². The molecule has 1 aromatic rings. The second-order valence-corrected chi connectivity index (χ2v) is 10.7. The third-order valence-corrected chi connectivity index (χ3v) is 8.45. The number of likely N-dealkylation sites (tertiary alicyclic amines) is 2. The van der Waals surface area contributed by atoms with Gasteiger partial charge in [-0.2, -0.15) is 0 Å². The van der Waals surface area contributed by atoms with Crippen LogP contribution in [0, 0.1) is 5.92 Å². The number of aryl methyl sites for hydroxylation is 1. The molecule has 192 valence electrons. The van der Waals surface area contributed by atoms with E-state index in [0.717, 1.165) is 51.5 Å². The molecule has 4 amide bonds. The number of urea groups is 1. The molecule has 1 aromatic carbocycles. The summed E-state index contributed by atoms with van der Waals surface area (Å²) in [6, 6.07) is 10.5. The molecule has 3 fully saturated rings. The third kappa shape index (κ3) is 5.71. The molecule has 0 unspecified atom stereocenters. The maximum absolute atomic E-state index is 13.7. The van der Waals surface area contributed by atoms with Gasteiger partial charge in [-0.25, -0.2) is 4.79 Å². The monoisotopic (exact) mass is 482 g/mol. The van der Waals surface area contributed by atoms with E-state index in [-0.39, 0.29) is 23.8 Å². The van der Waals surface area contributed by atoms with Crippen molar-refractivity contribution in [2.45, 2.75) is 82.7 Å². The Labute approximate surface area is 210 Å². The van der Waals surface area contributed by atoms with Gasteiger partial charge in [0.25, 0.3) is 5.91 Å². The van der Waals surface area contributed by atoms with Crippen LogP contribution in [-0.4, -0.2) is 77.4 Å². The van der Waals surface area contributed by atoms with Gasteiger partial charge < -0.3 is 15.1 Å². The van der Waals surface area contributed by atoms with Gasteiger partial charge in [-0.05, 0) is 76.4 Å². The minimum absolute atomic E-state index is 0.0439. The molecular formula is C28H42N4O3. The van der Waals surface area contributed by atoms with Crippen molar-refractivity contribution in [3.8, 4) is 0 Å². The largest absolute Gasteiger partial charge is 0.343 e. The van der Waals surface area contributed by atoms with Crippen LogP contribution in [0.5, 0.6) is 0 Å². The average Bonchev–Trinajstić information content (AvgIpc) is 3.38. The summed E-state index contributed by atoms with van der Waals surface area (Å²) in [6.45, 7) is 4.98. The summed E-state index contributed by atoms with van der Waals surface area (Å²) in [5.41, 5.74) is 0.454. The highest BCUT2D eigenvalue weighted by Crippen LogP contribution is 2.37. The highest BCUT2D eigenvalue weighted by atomic mass is 16.2. The Morgan fingerprint density at radius 1 is 1.09 bits per heavy atom. The average molecular weight is 483 g/mol. The van der Waals surface area contributed by atoms with E-state index < -0.39 is 5.54 Å². The van der Waals surface area contributed by atoms with Crippen molar-refractivity contribution in [2.75, 3.05) is 33.2 Å². The minimum Gasteiger partial charge on any atom is -0.343 e. The lowest BCUT2D eigenvalue weighted by Gasteiger charge is -2.41. The van der Waals surface area contributed by atoms with Gasteiger partial charge in [0.1, 0.15) is 5.54 Å². The number of carbonyl (C=O) groups is 3. The topological polar surface area (TPSA) is 73.0 Å². The molecule has 2 atom stereocenters. The summed E-state index contributed by atoms with van der Waals surface area (Å²) in [6.07, 6.45) is 8.50. The molecule has 0 spiro atoms. The molecule has 3 aliphatic heterocycles. The Kier molecular flexibility index (Phi) is 8.47. The lowest BCUT2D eigenvalue weighted by molar-refractivity contribution is -0.136. The number of nitrogens with zero attached hydrogens (tertiary/aromatic N) is 3. The molecule has 0 saturated carbocycles. The summed E-state index contributed by atoms with van der Waals surface area (Å²) in [4.78, 5) is 45.2. The number of hydrogen-bond acceptors (Lipinski definition) is 4. The van der Waals surface area contributed by atoms with E-state index in [1.807, 2.05) is 23.1 Å². The molecule has 0 aromatic heterocycles. The molecule has 0 radical (unpaired) electrons. The van der Waals surface area contributed by atoms with Crippen LogP contribution in [0.4, 0.5) is 4.79 Å². The maximum Gasteiger partial charge on any atom is 0.325 e. The van der Waals surface area contributed by atoms with Crippen LogP contribution in [0.1, 0.15) is 70.3 Å². The molecule has 3 aliphatic rings. The molecule has 7 heteroatoms. The molecule has 4 rings (SSSR count). The summed E-state index contributed by atoms with van der Waals surface area (Å²) in [5.74, 6) is 0.233. The van der Waals surface area contributed by atoms with Crippen LogP contribution in [0.15, 0.2) is 30.3 Å². The minimum atomic E-state index is -0.810. The summed E-state index contributed by atoms with van der Waals surface area (Å²) < 4.78 is 0. The fourth-order valence-electron chi connectivity index (χ4n) is 6.38. The number of hydrogen-bond donors (Lipinski definition) is 1. The Bertz CT molecular complexity index is 883. The zero-order chi connectivity index (χ0) is 24.8. The SMILES string of the molecule is CCC[C@]1(C2CCN(C(=O)CCCc3ccccc3)CC2)NC(=O)N(CC[C@@H]2CCCN2C)C1=O. The van der Waals surface area contributed by atoms with Gasteiger partial charge >= 0.3 is 6.03 Å². The van der Waals surface area contributed by atoms with Crippen LogP contribution in [0.3, 0.4) is 0 Å². The van der Waals surface area contributed by atoms with Gasteiger partial charge in [-0.15, -0.1) is 0 Å². The predicted octanol–water partition coefficient (Wildman–Crippen LogP) is 3.82. The van der Waals surface area contributed by atoms with Gasteiger partial charge in [-0.3, -0.25) is 14.5 Å². The van der Waals surface area contributed by atoms with Crippen molar-refractivity contribution < 1.29 is 14.4 Å². The van der Waals surface area contributed by atoms with Crippen LogP contribution in [-0.2, 0) is 16.0 Å². The zero-order valence-corrected chi connectivity index (χ0v) is 21.5. The number of piperidine rings is 1. The van der Waals surface area contributed by atoms with Crippen molar-refractivity contribution in [1.82, 2.24) is 20.0 Å². The highest BCUT2D eigenvalue weighted by molar-refractivity contribution is 6.07. The van der Waals surface area contributed by atoms with E-state index >= 15 is 0 Å². The van der Waals surface area contributed by atoms with Crippen molar-refractivity contribution in [3.63, 3.8) is 0 Å². The van der Waals surface area contributed by atoms with E-state index in [9.17, 15) is 14.4 Å². The van der Waals surface area contributed by atoms with Gasteiger partial charge in [0.05, 0.1) is 0 Å². The molecular weight excluding hydrogens is 440 g/mol. The van der Waals surface area contributed by atoms with Crippen molar-refractivity contribution in [3.05, 3.63) is 35.9 Å². The smallest absolute Gasteiger partial charge is 0.325 e. The van der Waals surface area contributed by atoms with Crippen LogP contribution >= 0.6 is 0 Å². The van der Waals surface area contributed by atoms with Crippen LogP contribution in [0.25, 0.3) is 0 Å². The fraction of sp³-hybridized carbons (Fsp3) is 0.679. The van der Waals surface area contributed by atoms with E-state index in [2.05, 4.69) is 36.3 Å². The molecule has 3 heterocycles. The van der Waals surface area contributed by atoms with Crippen molar-refractivity contribution in [2.24, 2.45) is 5.92 Å². The Hall–Kier alpha value is -2.41. The maximum atomic E-state index is 13.7. The van der Waals surface area contributed by atoms with Gasteiger partial charge in [0, 0.05) is 32.1 Å². The standard InChI is InChI=1S/C28H42N4O3/c1-3-17-28(26(34)32(27(35)29-28)21-16-24-12-8-18-30(24)2)23-14-19-31(20-15-23)25(33)13-7-11-22-9-5-4-6-10-22/h4-6,9-10,23-24H,3,7-8,11-21H2,1-2H3,(H,29,35)/t24-,28+/m0/s1. The summed E-state index contributed by atoms with van der Waals surface area (Å²) in [7, 11) is 2.13. The normalized spacial score (nSPS) is 25.9. The second kappa shape index (κ2) is 11.5. The highest BCUT2D eigenvalue weighted by Gasteiger charge is 2.55. The molecule has 3 saturated heterocycles. The van der Waals surface area contributed by atoms with E-state index in [1.54, 1.807) is 0 Å². The Morgan fingerprint density at radius 3 is 2.49 bits per heavy atom. The van der Waals surface area contributed by atoms with Crippen molar-refractivity contribution in [1.29, 1.82) is 0 Å². The molecule has 1 N–H and O–H groups in total. The first-order valence-electron chi connectivity index (χ1n) is 13.6. The first-order chi connectivity index (χ1) is 16.9. The number of rotatable bonds is 10. The number of benzene rings is 1. The first kappa shape index (κ1) is 25.7. The van der Waals surface area contributed by atoms with Crippen molar-refractivity contribution >= 4 is 17.8 Å². The quantitative estimate of drug-likeness (QED) is 0.515. The molecule has 0 aliphatic carbocycles. The Balaban J connectivity index is 1.30. The number of amides is 4. The van der Waals surface area contributed by atoms with Gasteiger partial charge in [-0.1, -0.05) is 43.7 Å². The number of imide groups is 1. The van der Waals surface area contributed by atoms with Crippen LogP contribution in [0.2, 0.25) is 0 Å². The summed E-state index contributed by atoms with van der Waals surface area (Å²) >= 11 is 0. The lowest BCUT2D eigenvalue weighted by atomic mass is 9.74. The second-order valence-electron chi connectivity index (χ2n) is 10.7. The zero-order valence-electron chi connectivity index (χ0n) is 21.5. The molecule has 35 heavy (non-hydrogen) atoms. The molecule has 0 bridgehead atoms. The Morgan fingerprint density at radius 2 is 1.83 bits per heavy atom. The lowest BCUT2D eigenvalue weighted by Crippen LogP contribution is -2.56. The predicted molar refractivity (Wildman–Crippen MR) is 137 cm³/mol. The van der Waals surface area contributed by atoms with E-state index in [4.69, 9.17) is 0 Å². The molecule has 7 nitrogen and oxygen atoms in total.